The van der Waals surface area contributed by atoms with E-state index in [1.54, 1.807) is 11.6 Å². The second-order valence-electron chi connectivity index (χ2n) is 8.03. The summed E-state index contributed by atoms with van der Waals surface area (Å²) in [6.45, 7) is 3.39. The van der Waals surface area contributed by atoms with Gasteiger partial charge < -0.3 is 15.0 Å². The van der Waals surface area contributed by atoms with Crippen LogP contribution in [-0.2, 0) is 16.1 Å². The van der Waals surface area contributed by atoms with E-state index in [0.29, 0.717) is 17.1 Å². The number of H-pyrrole nitrogens is 1. The maximum atomic E-state index is 12.7. The van der Waals surface area contributed by atoms with Crippen LogP contribution in [0, 0.1) is 0 Å². The van der Waals surface area contributed by atoms with Gasteiger partial charge in [0.1, 0.15) is 5.69 Å². The van der Waals surface area contributed by atoms with Crippen LogP contribution in [0.5, 0.6) is 0 Å². The van der Waals surface area contributed by atoms with Gasteiger partial charge in [0.25, 0.3) is 0 Å². The van der Waals surface area contributed by atoms with Gasteiger partial charge in [-0.05, 0) is 13.0 Å². The van der Waals surface area contributed by atoms with Crippen LogP contribution in [0.3, 0.4) is 0 Å². The number of para-hydroxylation sites is 1. The SMILES string of the molecule is CCOC(=O)c1nc(Cn2cc(-c3ccccc3)nn2)c(-c2c[nH]c3ccccc23)nc1NC(C)=O. The highest BCUT2D eigenvalue weighted by molar-refractivity contribution is 6.00. The summed E-state index contributed by atoms with van der Waals surface area (Å²) in [4.78, 5) is 37.2. The molecule has 0 saturated heterocycles. The lowest BCUT2D eigenvalue weighted by Crippen LogP contribution is -2.19. The van der Waals surface area contributed by atoms with Gasteiger partial charge >= 0.3 is 5.97 Å². The number of carbonyl (C=O) groups excluding carboxylic acids is 2. The molecule has 0 atom stereocenters. The van der Waals surface area contributed by atoms with E-state index in [1.165, 1.54) is 6.92 Å². The molecule has 2 aromatic carbocycles. The summed E-state index contributed by atoms with van der Waals surface area (Å²) in [5.41, 5.74) is 4.23. The first kappa shape index (κ1) is 22.9. The Balaban J connectivity index is 1.65. The van der Waals surface area contributed by atoms with E-state index in [-0.39, 0.29) is 30.6 Å². The first-order valence-corrected chi connectivity index (χ1v) is 11.4. The first-order valence-electron chi connectivity index (χ1n) is 11.4. The Bertz CT molecular complexity index is 1560. The summed E-state index contributed by atoms with van der Waals surface area (Å²) in [5.74, 6) is -1.02. The summed E-state index contributed by atoms with van der Waals surface area (Å²) in [6.07, 6.45) is 3.64. The Kier molecular flexibility index (Phi) is 6.23. The number of ether oxygens (including phenoxy) is 1. The molecule has 0 unspecified atom stereocenters. The number of nitrogens with one attached hydrogen (secondary N) is 2. The molecule has 0 aliphatic rings. The Morgan fingerprint density at radius 2 is 1.83 bits per heavy atom. The number of hydrogen-bond acceptors (Lipinski definition) is 7. The van der Waals surface area contributed by atoms with Crippen molar-refractivity contribution in [2.75, 3.05) is 11.9 Å². The van der Waals surface area contributed by atoms with Crippen molar-refractivity contribution in [1.82, 2.24) is 29.9 Å². The van der Waals surface area contributed by atoms with Crippen molar-refractivity contribution >= 4 is 28.6 Å². The zero-order chi connectivity index (χ0) is 25.1. The van der Waals surface area contributed by atoms with E-state index < -0.39 is 5.97 Å². The third-order valence-corrected chi connectivity index (χ3v) is 5.50. The van der Waals surface area contributed by atoms with E-state index >= 15 is 0 Å². The van der Waals surface area contributed by atoms with Crippen LogP contribution < -0.4 is 5.32 Å². The molecule has 1 amide bonds. The average molecular weight is 482 g/mol. The molecule has 36 heavy (non-hydrogen) atoms. The van der Waals surface area contributed by atoms with Gasteiger partial charge in [-0.2, -0.15) is 0 Å². The minimum Gasteiger partial charge on any atom is -0.461 e. The lowest BCUT2D eigenvalue weighted by molar-refractivity contribution is -0.114. The fourth-order valence-electron chi connectivity index (χ4n) is 3.93. The molecule has 5 aromatic rings. The molecule has 0 fully saturated rings. The maximum Gasteiger partial charge on any atom is 0.360 e. The number of benzene rings is 2. The van der Waals surface area contributed by atoms with E-state index in [1.807, 2.05) is 67.0 Å². The van der Waals surface area contributed by atoms with Gasteiger partial charge in [-0.15, -0.1) is 5.10 Å². The summed E-state index contributed by atoms with van der Waals surface area (Å²) in [6, 6.07) is 17.5. The largest absolute Gasteiger partial charge is 0.461 e. The summed E-state index contributed by atoms with van der Waals surface area (Å²) >= 11 is 0. The van der Waals surface area contributed by atoms with Gasteiger partial charge in [-0.3, -0.25) is 4.79 Å². The van der Waals surface area contributed by atoms with E-state index in [0.717, 1.165) is 22.0 Å². The van der Waals surface area contributed by atoms with Crippen molar-refractivity contribution in [1.29, 1.82) is 0 Å². The molecule has 0 aliphatic heterocycles. The molecule has 180 valence electrons. The number of aromatic nitrogens is 6. The first-order chi connectivity index (χ1) is 17.5. The topological polar surface area (TPSA) is 128 Å². The van der Waals surface area contributed by atoms with Crippen LogP contribution in [0.2, 0.25) is 0 Å². The number of fused-ring (bicyclic) bond motifs is 1. The minimum atomic E-state index is -0.677. The van der Waals surface area contributed by atoms with E-state index in [4.69, 9.17) is 9.72 Å². The molecule has 0 spiro atoms. The van der Waals surface area contributed by atoms with Gasteiger partial charge in [0.15, 0.2) is 11.5 Å². The molecule has 3 aromatic heterocycles. The zero-order valence-corrected chi connectivity index (χ0v) is 19.7. The van der Waals surface area contributed by atoms with Crippen molar-refractivity contribution in [3.05, 3.63) is 78.4 Å². The zero-order valence-electron chi connectivity index (χ0n) is 19.7. The monoisotopic (exact) mass is 481 g/mol. The Labute approximate surface area is 206 Å². The fraction of sp³-hybridized carbons (Fsp3) is 0.154. The third-order valence-electron chi connectivity index (χ3n) is 5.50. The highest BCUT2D eigenvalue weighted by atomic mass is 16.5. The number of hydrogen-bond donors (Lipinski definition) is 2. The Hall–Kier alpha value is -4.86. The van der Waals surface area contributed by atoms with Crippen molar-refractivity contribution in [3.8, 4) is 22.5 Å². The van der Waals surface area contributed by atoms with Gasteiger partial charge in [-0.25, -0.2) is 19.4 Å². The predicted molar refractivity (Wildman–Crippen MR) is 134 cm³/mol. The quantitative estimate of drug-likeness (QED) is 0.335. The smallest absolute Gasteiger partial charge is 0.360 e. The highest BCUT2D eigenvalue weighted by Crippen LogP contribution is 2.31. The molecule has 0 radical (unpaired) electrons. The number of aromatic amines is 1. The number of carbonyl (C=O) groups is 2. The van der Waals surface area contributed by atoms with Crippen LogP contribution in [0.4, 0.5) is 5.82 Å². The predicted octanol–water partition coefficient (Wildman–Crippen LogP) is 4.07. The number of esters is 1. The molecular weight excluding hydrogens is 458 g/mol. The molecule has 5 rings (SSSR count). The molecule has 3 heterocycles. The maximum absolute atomic E-state index is 12.7. The van der Waals surface area contributed by atoms with Crippen molar-refractivity contribution < 1.29 is 14.3 Å². The van der Waals surface area contributed by atoms with E-state index in [2.05, 4.69) is 25.6 Å². The molecule has 2 N–H and O–H groups in total. The molecule has 10 heteroatoms. The molecule has 0 saturated carbocycles. The number of amides is 1. The van der Waals surface area contributed by atoms with Crippen LogP contribution in [0.15, 0.2) is 67.0 Å². The van der Waals surface area contributed by atoms with Gasteiger partial charge in [0.2, 0.25) is 5.91 Å². The lowest BCUT2D eigenvalue weighted by Gasteiger charge is -2.14. The Morgan fingerprint density at radius 1 is 1.06 bits per heavy atom. The molecule has 10 nitrogen and oxygen atoms in total. The van der Waals surface area contributed by atoms with Crippen LogP contribution in [-0.4, -0.2) is 48.4 Å². The second-order valence-corrected chi connectivity index (χ2v) is 8.03. The van der Waals surface area contributed by atoms with Crippen molar-refractivity contribution in [2.24, 2.45) is 0 Å². The van der Waals surface area contributed by atoms with Crippen LogP contribution >= 0.6 is 0 Å². The highest BCUT2D eigenvalue weighted by Gasteiger charge is 2.24. The summed E-state index contributed by atoms with van der Waals surface area (Å²) < 4.78 is 6.82. The van der Waals surface area contributed by atoms with Crippen molar-refractivity contribution in [3.63, 3.8) is 0 Å². The summed E-state index contributed by atoms with van der Waals surface area (Å²) in [5, 5.41) is 12.1. The minimum absolute atomic E-state index is 0.0357. The average Bonchev–Trinajstić information content (AvgIpc) is 3.52. The molecular formula is C26H23N7O3. The van der Waals surface area contributed by atoms with Gasteiger partial charge in [0, 0.05) is 35.2 Å². The molecule has 0 aliphatic carbocycles. The van der Waals surface area contributed by atoms with Gasteiger partial charge in [-0.1, -0.05) is 53.7 Å². The molecule has 0 bridgehead atoms. The van der Waals surface area contributed by atoms with E-state index in [9.17, 15) is 9.59 Å². The summed E-state index contributed by atoms with van der Waals surface area (Å²) in [7, 11) is 0. The van der Waals surface area contributed by atoms with Crippen molar-refractivity contribution in [2.45, 2.75) is 20.4 Å². The number of rotatable bonds is 7. The number of nitrogens with zero attached hydrogens (tertiary/aromatic N) is 5. The van der Waals surface area contributed by atoms with Gasteiger partial charge in [0.05, 0.1) is 30.7 Å². The Morgan fingerprint density at radius 3 is 2.61 bits per heavy atom. The number of anilines is 1. The second kappa shape index (κ2) is 9.79. The lowest BCUT2D eigenvalue weighted by atomic mass is 10.1. The van der Waals surface area contributed by atoms with Crippen LogP contribution in [0.1, 0.15) is 30.0 Å². The third kappa shape index (κ3) is 4.56. The van der Waals surface area contributed by atoms with Crippen LogP contribution in [0.25, 0.3) is 33.4 Å². The fourth-order valence-corrected chi connectivity index (χ4v) is 3.93. The standard InChI is InChI=1S/C26H23N7O3/c1-3-36-26(35)24-25(28-16(2)34)30-23(19-13-27-20-12-8-7-11-18(19)20)22(29-24)15-33-14-21(31-32-33)17-9-5-4-6-10-17/h4-14,27H,3,15H2,1-2H3,(H,28,30,34). The normalized spacial score (nSPS) is 10.9.